The highest BCUT2D eigenvalue weighted by Crippen LogP contribution is 2.29. The van der Waals surface area contributed by atoms with Crippen LogP contribution in [0.4, 0.5) is 5.82 Å². The largest absolute Gasteiger partial charge is 0.436 e. The zero-order chi connectivity index (χ0) is 14.5. The zero-order valence-corrected chi connectivity index (χ0v) is 11.7. The number of nitrogens with zero attached hydrogens (tertiary/aromatic N) is 3. The van der Waals surface area contributed by atoms with Crippen molar-refractivity contribution in [2.45, 2.75) is 4.90 Å². The lowest BCUT2D eigenvalue weighted by Gasteiger charge is -1.95. The third-order valence-corrected chi connectivity index (χ3v) is 4.11. The molecule has 0 unspecified atom stereocenters. The summed E-state index contributed by atoms with van der Waals surface area (Å²) in [5.41, 5.74) is 7.39. The standard InChI is InChI=1S/C12H12N4O3S/c1-16-11(13)8(6-14-16)12-15-9-5-7(20(2,17)18)3-4-10(9)19-12/h3-6H,13H2,1-2H3. The van der Waals surface area contributed by atoms with E-state index in [1.54, 1.807) is 19.3 Å². The molecule has 1 aromatic carbocycles. The van der Waals surface area contributed by atoms with Gasteiger partial charge in [0, 0.05) is 13.3 Å². The maximum absolute atomic E-state index is 11.5. The summed E-state index contributed by atoms with van der Waals surface area (Å²) in [4.78, 5) is 4.47. The number of fused-ring (bicyclic) bond motifs is 1. The quantitative estimate of drug-likeness (QED) is 0.761. The summed E-state index contributed by atoms with van der Waals surface area (Å²) in [5.74, 6) is 0.746. The van der Waals surface area contributed by atoms with Crippen LogP contribution < -0.4 is 5.73 Å². The number of nitrogens with two attached hydrogens (primary N) is 1. The molecule has 0 bridgehead atoms. The third kappa shape index (κ3) is 1.94. The zero-order valence-electron chi connectivity index (χ0n) is 10.9. The van der Waals surface area contributed by atoms with Crippen molar-refractivity contribution >= 4 is 26.8 Å². The summed E-state index contributed by atoms with van der Waals surface area (Å²) in [6.07, 6.45) is 2.70. The molecule has 20 heavy (non-hydrogen) atoms. The van der Waals surface area contributed by atoms with Crippen LogP contribution in [0, 0.1) is 0 Å². The number of hydrogen-bond donors (Lipinski definition) is 1. The molecule has 0 spiro atoms. The summed E-state index contributed by atoms with van der Waals surface area (Å²) in [7, 11) is -1.56. The minimum Gasteiger partial charge on any atom is -0.436 e. The van der Waals surface area contributed by atoms with Gasteiger partial charge in [0.05, 0.1) is 16.7 Å². The van der Waals surface area contributed by atoms with E-state index in [-0.39, 0.29) is 4.90 Å². The molecule has 2 N–H and O–H groups in total. The molecule has 7 nitrogen and oxygen atoms in total. The molecule has 0 fully saturated rings. The van der Waals surface area contributed by atoms with Crippen molar-refractivity contribution in [3.8, 4) is 11.5 Å². The Morgan fingerprint density at radius 2 is 2.10 bits per heavy atom. The number of benzene rings is 1. The molecule has 0 radical (unpaired) electrons. The second kappa shape index (κ2) is 4.07. The molecule has 0 atom stereocenters. The molecular weight excluding hydrogens is 280 g/mol. The number of rotatable bonds is 2. The van der Waals surface area contributed by atoms with Crippen molar-refractivity contribution in [2.24, 2.45) is 7.05 Å². The molecule has 8 heteroatoms. The Morgan fingerprint density at radius 1 is 1.35 bits per heavy atom. The summed E-state index contributed by atoms with van der Waals surface area (Å²) in [6.45, 7) is 0. The number of oxazole rings is 1. The minimum atomic E-state index is -3.28. The lowest BCUT2D eigenvalue weighted by atomic mass is 10.3. The Balaban J connectivity index is 2.19. The van der Waals surface area contributed by atoms with Gasteiger partial charge in [0.25, 0.3) is 0 Å². The van der Waals surface area contributed by atoms with Gasteiger partial charge in [0.1, 0.15) is 11.3 Å². The summed E-state index contributed by atoms with van der Waals surface area (Å²) in [6, 6.07) is 4.54. The van der Waals surface area contributed by atoms with Crippen molar-refractivity contribution in [2.75, 3.05) is 12.0 Å². The van der Waals surface area contributed by atoms with Crippen LogP contribution in [0.5, 0.6) is 0 Å². The first kappa shape index (κ1) is 12.7. The fraction of sp³-hybridized carbons (Fsp3) is 0.167. The second-order valence-electron chi connectivity index (χ2n) is 4.49. The van der Waals surface area contributed by atoms with Gasteiger partial charge in [-0.3, -0.25) is 4.68 Å². The van der Waals surface area contributed by atoms with Gasteiger partial charge in [-0.25, -0.2) is 13.4 Å². The van der Waals surface area contributed by atoms with Crippen LogP contribution in [0.15, 0.2) is 33.7 Å². The van der Waals surface area contributed by atoms with Crippen molar-refractivity contribution in [1.29, 1.82) is 0 Å². The van der Waals surface area contributed by atoms with Gasteiger partial charge >= 0.3 is 0 Å². The van der Waals surface area contributed by atoms with E-state index >= 15 is 0 Å². The maximum atomic E-state index is 11.5. The first-order chi connectivity index (χ1) is 9.36. The van der Waals surface area contributed by atoms with Gasteiger partial charge < -0.3 is 10.2 Å². The predicted octanol–water partition coefficient (Wildman–Crippen LogP) is 1.21. The van der Waals surface area contributed by atoms with E-state index in [0.717, 1.165) is 6.26 Å². The van der Waals surface area contributed by atoms with E-state index in [1.165, 1.54) is 16.8 Å². The number of aromatic nitrogens is 3. The Bertz CT molecular complexity index is 908. The molecule has 0 aliphatic carbocycles. The molecule has 0 saturated carbocycles. The van der Waals surface area contributed by atoms with Gasteiger partial charge in [-0.05, 0) is 18.2 Å². The molecule has 3 rings (SSSR count). The second-order valence-corrected chi connectivity index (χ2v) is 6.50. The van der Waals surface area contributed by atoms with E-state index < -0.39 is 9.84 Å². The first-order valence-corrected chi connectivity index (χ1v) is 7.64. The molecule has 3 aromatic rings. The van der Waals surface area contributed by atoms with Crippen LogP contribution >= 0.6 is 0 Å². The Hall–Kier alpha value is -2.35. The van der Waals surface area contributed by atoms with E-state index in [4.69, 9.17) is 10.2 Å². The number of anilines is 1. The highest BCUT2D eigenvalue weighted by atomic mass is 32.2. The van der Waals surface area contributed by atoms with Crippen LogP contribution in [0.3, 0.4) is 0 Å². The SMILES string of the molecule is Cn1ncc(-c2nc3cc(S(C)(=O)=O)ccc3o2)c1N. The molecule has 0 saturated heterocycles. The lowest BCUT2D eigenvalue weighted by molar-refractivity contribution is 0.602. The van der Waals surface area contributed by atoms with Crippen molar-refractivity contribution in [3.05, 3.63) is 24.4 Å². The van der Waals surface area contributed by atoms with Gasteiger partial charge in [-0.2, -0.15) is 5.10 Å². The molecule has 2 aromatic heterocycles. The average Bonchev–Trinajstić information content (AvgIpc) is 2.92. The van der Waals surface area contributed by atoms with E-state index in [0.29, 0.717) is 28.4 Å². The van der Waals surface area contributed by atoms with E-state index in [1.807, 2.05) is 0 Å². The highest BCUT2D eigenvalue weighted by Gasteiger charge is 2.16. The summed E-state index contributed by atoms with van der Waals surface area (Å²) >= 11 is 0. The van der Waals surface area contributed by atoms with Gasteiger partial charge in [-0.15, -0.1) is 0 Å². The number of sulfone groups is 1. The maximum Gasteiger partial charge on any atom is 0.232 e. The van der Waals surface area contributed by atoms with E-state index in [2.05, 4.69) is 10.1 Å². The third-order valence-electron chi connectivity index (χ3n) is 3.00. The van der Waals surface area contributed by atoms with Crippen LogP contribution in [-0.4, -0.2) is 29.4 Å². The lowest BCUT2D eigenvalue weighted by Crippen LogP contribution is -1.98. The molecule has 104 valence electrons. The number of aryl methyl sites for hydroxylation is 1. The monoisotopic (exact) mass is 292 g/mol. The fourth-order valence-corrected chi connectivity index (χ4v) is 2.51. The molecule has 0 aliphatic rings. The fourth-order valence-electron chi connectivity index (χ4n) is 1.86. The van der Waals surface area contributed by atoms with Crippen LogP contribution in [0.2, 0.25) is 0 Å². The number of nitrogen functional groups attached to an aromatic ring is 1. The Labute approximate surface area is 114 Å². The van der Waals surface area contributed by atoms with Crippen molar-refractivity contribution < 1.29 is 12.8 Å². The molecule has 2 heterocycles. The normalized spacial score (nSPS) is 12.1. The van der Waals surface area contributed by atoms with Gasteiger partial charge in [0.2, 0.25) is 5.89 Å². The smallest absolute Gasteiger partial charge is 0.232 e. The minimum absolute atomic E-state index is 0.198. The first-order valence-electron chi connectivity index (χ1n) is 5.75. The highest BCUT2D eigenvalue weighted by molar-refractivity contribution is 7.90. The van der Waals surface area contributed by atoms with Crippen molar-refractivity contribution in [3.63, 3.8) is 0 Å². The predicted molar refractivity (Wildman–Crippen MR) is 73.7 cm³/mol. The summed E-state index contributed by atoms with van der Waals surface area (Å²) < 4.78 is 30.1. The van der Waals surface area contributed by atoms with E-state index in [9.17, 15) is 8.42 Å². The Morgan fingerprint density at radius 3 is 2.70 bits per heavy atom. The van der Waals surface area contributed by atoms with Crippen molar-refractivity contribution in [1.82, 2.24) is 14.8 Å². The van der Waals surface area contributed by atoms with Crippen LogP contribution in [0.25, 0.3) is 22.6 Å². The molecule has 0 amide bonds. The Kier molecular flexibility index (Phi) is 2.58. The van der Waals surface area contributed by atoms with Gasteiger partial charge in [0.15, 0.2) is 15.4 Å². The van der Waals surface area contributed by atoms with Crippen LogP contribution in [-0.2, 0) is 16.9 Å². The number of hydrogen-bond acceptors (Lipinski definition) is 6. The molecular formula is C12H12N4O3S. The average molecular weight is 292 g/mol. The summed E-state index contributed by atoms with van der Waals surface area (Å²) in [5, 5.41) is 4.02. The topological polar surface area (TPSA) is 104 Å². The molecule has 0 aliphatic heterocycles. The van der Waals surface area contributed by atoms with Gasteiger partial charge in [-0.1, -0.05) is 0 Å². The van der Waals surface area contributed by atoms with Crippen LogP contribution in [0.1, 0.15) is 0 Å².